The number of hydrogen-bond donors (Lipinski definition) is 2. The van der Waals surface area contributed by atoms with Crippen molar-refractivity contribution in [2.75, 3.05) is 18.9 Å². The molecule has 0 spiro atoms. The molecule has 3 N–H and O–H groups in total. The van der Waals surface area contributed by atoms with Crippen LogP contribution in [-0.4, -0.2) is 28.3 Å². The SMILES string of the molecule is CCOC(OCC)c1cc(CO)nc(N)n1. The number of rotatable bonds is 6. The average Bonchev–Trinajstić information content (AvgIpc) is 2.28. The standard InChI is InChI=1S/C10H17N3O3/c1-3-15-9(16-4-2)8-5-7(6-14)12-10(11)13-8/h5,9,14H,3-4,6H2,1-2H3,(H2,11,12,13). The Morgan fingerprint density at radius 3 is 2.44 bits per heavy atom. The maximum Gasteiger partial charge on any atom is 0.220 e. The van der Waals surface area contributed by atoms with E-state index in [0.29, 0.717) is 24.6 Å². The molecule has 0 fully saturated rings. The van der Waals surface area contributed by atoms with Crippen LogP contribution in [0.4, 0.5) is 5.95 Å². The van der Waals surface area contributed by atoms with Gasteiger partial charge in [-0.1, -0.05) is 0 Å². The third kappa shape index (κ3) is 3.41. The van der Waals surface area contributed by atoms with Gasteiger partial charge in [-0.25, -0.2) is 9.97 Å². The minimum atomic E-state index is -0.564. The van der Waals surface area contributed by atoms with Crippen LogP contribution < -0.4 is 5.73 Å². The zero-order valence-corrected chi connectivity index (χ0v) is 9.51. The molecule has 0 unspecified atom stereocenters. The van der Waals surface area contributed by atoms with Gasteiger partial charge in [0.25, 0.3) is 0 Å². The Balaban J connectivity index is 2.93. The Bertz CT molecular complexity index is 327. The van der Waals surface area contributed by atoms with Crippen LogP contribution in [0.2, 0.25) is 0 Å². The van der Waals surface area contributed by atoms with Crippen LogP contribution in [0.15, 0.2) is 6.07 Å². The second-order valence-electron chi connectivity index (χ2n) is 3.04. The lowest BCUT2D eigenvalue weighted by Crippen LogP contribution is -2.13. The molecule has 6 heteroatoms. The first-order valence-electron chi connectivity index (χ1n) is 5.18. The van der Waals surface area contributed by atoms with Crippen molar-refractivity contribution in [2.24, 2.45) is 0 Å². The Morgan fingerprint density at radius 1 is 1.31 bits per heavy atom. The van der Waals surface area contributed by atoms with Gasteiger partial charge < -0.3 is 20.3 Å². The number of aromatic nitrogens is 2. The molecular formula is C10H17N3O3. The minimum absolute atomic E-state index is 0.103. The molecule has 1 aromatic heterocycles. The highest BCUT2D eigenvalue weighted by Gasteiger charge is 2.14. The largest absolute Gasteiger partial charge is 0.390 e. The fourth-order valence-electron chi connectivity index (χ4n) is 1.26. The zero-order valence-electron chi connectivity index (χ0n) is 9.51. The van der Waals surface area contributed by atoms with Gasteiger partial charge in [0.1, 0.15) is 5.69 Å². The summed E-state index contributed by atoms with van der Waals surface area (Å²) in [6, 6.07) is 1.62. The van der Waals surface area contributed by atoms with Gasteiger partial charge in [-0.3, -0.25) is 0 Å². The molecule has 0 bridgehead atoms. The molecule has 0 atom stereocenters. The Hall–Kier alpha value is -1.24. The first-order valence-corrected chi connectivity index (χ1v) is 5.18. The second-order valence-corrected chi connectivity index (χ2v) is 3.04. The molecule has 0 aliphatic heterocycles. The fraction of sp³-hybridized carbons (Fsp3) is 0.600. The Morgan fingerprint density at radius 2 is 1.94 bits per heavy atom. The summed E-state index contributed by atoms with van der Waals surface area (Å²) in [6.07, 6.45) is -0.564. The van der Waals surface area contributed by atoms with E-state index in [0.717, 1.165) is 0 Å². The molecule has 0 amide bonds. The van der Waals surface area contributed by atoms with Crippen molar-refractivity contribution < 1.29 is 14.6 Å². The van der Waals surface area contributed by atoms with Gasteiger partial charge >= 0.3 is 0 Å². The van der Waals surface area contributed by atoms with Crippen molar-refractivity contribution >= 4 is 5.95 Å². The molecule has 0 aliphatic rings. The lowest BCUT2D eigenvalue weighted by Gasteiger charge is -2.16. The van der Waals surface area contributed by atoms with E-state index in [2.05, 4.69) is 9.97 Å². The van der Waals surface area contributed by atoms with Gasteiger partial charge in [0.05, 0.1) is 12.3 Å². The van der Waals surface area contributed by atoms with Crippen molar-refractivity contribution in [1.29, 1.82) is 0 Å². The van der Waals surface area contributed by atoms with Gasteiger partial charge in [0.15, 0.2) is 0 Å². The summed E-state index contributed by atoms with van der Waals surface area (Å²) < 4.78 is 10.7. The van der Waals surface area contributed by atoms with E-state index in [4.69, 9.17) is 20.3 Å². The monoisotopic (exact) mass is 227 g/mol. The smallest absolute Gasteiger partial charge is 0.220 e. The number of aliphatic hydroxyl groups is 1. The molecule has 16 heavy (non-hydrogen) atoms. The summed E-state index contributed by atoms with van der Waals surface area (Å²) in [4.78, 5) is 7.89. The molecule has 1 aromatic rings. The van der Waals surface area contributed by atoms with Crippen molar-refractivity contribution in [1.82, 2.24) is 9.97 Å². The summed E-state index contributed by atoms with van der Waals surface area (Å²) in [5, 5.41) is 9.00. The highest BCUT2D eigenvalue weighted by Crippen LogP contribution is 2.18. The molecule has 1 rings (SSSR count). The second kappa shape index (κ2) is 6.37. The number of nitrogens with zero attached hydrogens (tertiary/aromatic N) is 2. The van der Waals surface area contributed by atoms with E-state index >= 15 is 0 Å². The van der Waals surface area contributed by atoms with Crippen molar-refractivity contribution in [3.63, 3.8) is 0 Å². The summed E-state index contributed by atoms with van der Waals surface area (Å²) >= 11 is 0. The third-order valence-electron chi connectivity index (χ3n) is 1.86. The van der Waals surface area contributed by atoms with Crippen LogP contribution >= 0.6 is 0 Å². The van der Waals surface area contributed by atoms with Gasteiger partial charge in [0.2, 0.25) is 12.2 Å². The van der Waals surface area contributed by atoms with Crippen LogP contribution in [0.25, 0.3) is 0 Å². The number of anilines is 1. The van der Waals surface area contributed by atoms with E-state index in [1.54, 1.807) is 6.07 Å². The predicted octanol–water partition coefficient (Wildman–Crippen LogP) is 0.623. The maximum atomic E-state index is 9.00. The van der Waals surface area contributed by atoms with Crippen LogP contribution in [0, 0.1) is 0 Å². The van der Waals surface area contributed by atoms with Crippen molar-refractivity contribution in [3.8, 4) is 0 Å². The number of nitrogens with two attached hydrogens (primary N) is 1. The molecule has 0 radical (unpaired) electrons. The topological polar surface area (TPSA) is 90.5 Å². The highest BCUT2D eigenvalue weighted by atomic mass is 16.7. The predicted molar refractivity (Wildman–Crippen MR) is 58.4 cm³/mol. The van der Waals surface area contributed by atoms with Gasteiger partial charge in [0, 0.05) is 13.2 Å². The lowest BCUT2D eigenvalue weighted by molar-refractivity contribution is -0.142. The van der Waals surface area contributed by atoms with Crippen molar-refractivity contribution in [3.05, 3.63) is 17.5 Å². The van der Waals surface area contributed by atoms with E-state index < -0.39 is 6.29 Å². The van der Waals surface area contributed by atoms with Crippen LogP contribution in [0.5, 0.6) is 0 Å². The van der Waals surface area contributed by atoms with Gasteiger partial charge in [-0.05, 0) is 19.9 Å². The molecule has 0 aliphatic carbocycles. The number of aliphatic hydroxyl groups excluding tert-OH is 1. The van der Waals surface area contributed by atoms with E-state index in [-0.39, 0.29) is 12.6 Å². The molecule has 1 heterocycles. The van der Waals surface area contributed by atoms with Crippen molar-refractivity contribution in [2.45, 2.75) is 26.7 Å². The molecule has 0 saturated carbocycles. The van der Waals surface area contributed by atoms with E-state index in [1.165, 1.54) is 0 Å². The van der Waals surface area contributed by atoms with Gasteiger partial charge in [-0.2, -0.15) is 0 Å². The van der Waals surface area contributed by atoms with E-state index in [1.807, 2.05) is 13.8 Å². The van der Waals surface area contributed by atoms with Crippen LogP contribution in [0.3, 0.4) is 0 Å². The van der Waals surface area contributed by atoms with Gasteiger partial charge in [-0.15, -0.1) is 0 Å². The summed E-state index contributed by atoms with van der Waals surface area (Å²) in [5.41, 5.74) is 6.50. The van der Waals surface area contributed by atoms with Crippen LogP contribution in [0.1, 0.15) is 31.5 Å². The number of ether oxygens (including phenoxy) is 2. The summed E-state index contributed by atoms with van der Waals surface area (Å²) in [6.45, 7) is 4.55. The Kier molecular flexibility index (Phi) is 5.10. The molecule has 0 aromatic carbocycles. The third-order valence-corrected chi connectivity index (χ3v) is 1.86. The lowest BCUT2D eigenvalue weighted by atomic mass is 10.3. The zero-order chi connectivity index (χ0) is 12.0. The van der Waals surface area contributed by atoms with Crippen LogP contribution in [-0.2, 0) is 16.1 Å². The van der Waals surface area contributed by atoms with E-state index in [9.17, 15) is 0 Å². The molecular weight excluding hydrogens is 210 g/mol. The molecule has 90 valence electrons. The first-order chi connectivity index (χ1) is 7.71. The quantitative estimate of drug-likeness (QED) is 0.692. The number of hydrogen-bond acceptors (Lipinski definition) is 6. The normalized spacial score (nSPS) is 11.0. The fourth-order valence-corrected chi connectivity index (χ4v) is 1.26. The molecule has 0 saturated heterocycles. The highest BCUT2D eigenvalue weighted by molar-refractivity contribution is 5.22. The average molecular weight is 227 g/mol. The number of nitrogen functional groups attached to an aromatic ring is 1. The summed E-state index contributed by atoms with van der Waals surface area (Å²) in [7, 11) is 0. The molecule has 6 nitrogen and oxygen atoms in total. The maximum absolute atomic E-state index is 9.00. The summed E-state index contributed by atoms with van der Waals surface area (Å²) in [5.74, 6) is 0.103. The Labute approximate surface area is 94.4 Å². The minimum Gasteiger partial charge on any atom is -0.390 e. The first kappa shape index (κ1) is 12.8.